The summed E-state index contributed by atoms with van der Waals surface area (Å²) >= 11 is 0. The predicted octanol–water partition coefficient (Wildman–Crippen LogP) is 0.186. The van der Waals surface area contributed by atoms with E-state index < -0.39 is 15.2 Å². The molecule has 0 aliphatic carbocycles. The molecule has 1 rings (SSSR count). The molecule has 0 amide bonds. The SMILES string of the molecule is COc1cc(OS(N)(=O)=O)ccc1[N+](=O)[O-]. The van der Waals surface area contributed by atoms with E-state index in [2.05, 4.69) is 9.32 Å². The number of ether oxygens (including phenoxy) is 1. The molecule has 0 radical (unpaired) electrons. The zero-order chi connectivity index (χ0) is 12.3. The van der Waals surface area contributed by atoms with Gasteiger partial charge in [-0.2, -0.15) is 13.6 Å². The van der Waals surface area contributed by atoms with Gasteiger partial charge in [0.1, 0.15) is 5.75 Å². The average molecular weight is 248 g/mol. The van der Waals surface area contributed by atoms with Crippen molar-refractivity contribution in [3.63, 3.8) is 0 Å². The maximum Gasteiger partial charge on any atom is 0.380 e. The molecule has 2 N–H and O–H groups in total. The van der Waals surface area contributed by atoms with Gasteiger partial charge in [0.25, 0.3) is 0 Å². The molecule has 0 atom stereocenters. The summed E-state index contributed by atoms with van der Waals surface area (Å²) in [5, 5.41) is 15.2. The van der Waals surface area contributed by atoms with Crippen LogP contribution < -0.4 is 14.1 Å². The molecule has 0 heterocycles. The number of rotatable bonds is 4. The summed E-state index contributed by atoms with van der Waals surface area (Å²) in [6, 6.07) is 3.22. The Bertz CT molecular complexity index is 512. The fraction of sp³-hybridized carbons (Fsp3) is 0.143. The number of hydrogen-bond acceptors (Lipinski definition) is 6. The number of benzene rings is 1. The van der Waals surface area contributed by atoms with E-state index in [1.165, 1.54) is 7.11 Å². The van der Waals surface area contributed by atoms with E-state index in [4.69, 9.17) is 4.74 Å². The van der Waals surface area contributed by atoms with Crippen molar-refractivity contribution >= 4 is 16.0 Å². The molecule has 0 bridgehead atoms. The predicted molar refractivity (Wildman–Crippen MR) is 53.4 cm³/mol. The minimum Gasteiger partial charge on any atom is -0.490 e. The molecule has 0 aliphatic heterocycles. The van der Waals surface area contributed by atoms with Crippen molar-refractivity contribution in [3.8, 4) is 11.5 Å². The van der Waals surface area contributed by atoms with Crippen LogP contribution in [0.3, 0.4) is 0 Å². The Balaban J connectivity index is 3.14. The first-order valence-electron chi connectivity index (χ1n) is 3.88. The van der Waals surface area contributed by atoms with Crippen LogP contribution in [0.15, 0.2) is 18.2 Å². The summed E-state index contributed by atoms with van der Waals surface area (Å²) in [5.41, 5.74) is -0.302. The third kappa shape index (κ3) is 3.07. The van der Waals surface area contributed by atoms with Gasteiger partial charge in [-0.15, -0.1) is 0 Å². The van der Waals surface area contributed by atoms with Gasteiger partial charge < -0.3 is 8.92 Å². The molecule has 9 heteroatoms. The molecular weight excluding hydrogens is 240 g/mol. The maximum atomic E-state index is 10.6. The van der Waals surface area contributed by atoms with Gasteiger partial charge in [-0.05, 0) is 6.07 Å². The lowest BCUT2D eigenvalue weighted by atomic mass is 10.3. The Labute approximate surface area is 91.0 Å². The number of methoxy groups -OCH3 is 1. The van der Waals surface area contributed by atoms with Gasteiger partial charge in [0, 0.05) is 12.1 Å². The van der Waals surface area contributed by atoms with Gasteiger partial charge in [-0.1, -0.05) is 0 Å². The largest absolute Gasteiger partial charge is 0.490 e. The quantitative estimate of drug-likeness (QED) is 0.599. The van der Waals surface area contributed by atoms with Crippen molar-refractivity contribution < 1.29 is 22.3 Å². The van der Waals surface area contributed by atoms with Gasteiger partial charge in [0.15, 0.2) is 0 Å². The first-order valence-corrected chi connectivity index (χ1v) is 5.35. The molecule has 0 aliphatic rings. The topological polar surface area (TPSA) is 122 Å². The highest BCUT2D eigenvalue weighted by molar-refractivity contribution is 7.84. The first-order chi connectivity index (χ1) is 7.33. The standard InChI is InChI=1S/C7H8N2O6S/c1-14-7-4-5(15-16(8,12)13)2-3-6(7)9(10)11/h2-4H,1H3,(H2,8,12,13). The van der Waals surface area contributed by atoms with Crippen LogP contribution in [0.5, 0.6) is 11.5 Å². The van der Waals surface area contributed by atoms with Crippen LogP contribution in [-0.4, -0.2) is 20.5 Å². The van der Waals surface area contributed by atoms with E-state index in [9.17, 15) is 18.5 Å². The van der Waals surface area contributed by atoms with Crippen LogP contribution >= 0.6 is 0 Å². The minimum atomic E-state index is -4.16. The van der Waals surface area contributed by atoms with E-state index in [-0.39, 0.29) is 17.2 Å². The van der Waals surface area contributed by atoms with Gasteiger partial charge in [-0.25, -0.2) is 0 Å². The van der Waals surface area contributed by atoms with Crippen LogP contribution in [0.1, 0.15) is 0 Å². The molecule has 0 fully saturated rings. The lowest BCUT2D eigenvalue weighted by Crippen LogP contribution is -2.18. The lowest BCUT2D eigenvalue weighted by molar-refractivity contribution is -0.385. The van der Waals surface area contributed by atoms with Crippen molar-refractivity contribution in [1.29, 1.82) is 0 Å². The van der Waals surface area contributed by atoms with Gasteiger partial charge >= 0.3 is 16.0 Å². The number of nitrogens with two attached hydrogens (primary N) is 1. The van der Waals surface area contributed by atoms with E-state index in [1.54, 1.807) is 0 Å². The Kier molecular flexibility index (Phi) is 3.30. The highest BCUT2D eigenvalue weighted by atomic mass is 32.2. The maximum absolute atomic E-state index is 10.6. The Hall–Kier alpha value is -1.87. The summed E-state index contributed by atoms with van der Waals surface area (Å²) in [4.78, 5) is 9.85. The number of nitro benzene ring substituents is 1. The molecule has 16 heavy (non-hydrogen) atoms. The Morgan fingerprint density at radius 2 is 2.06 bits per heavy atom. The molecular formula is C7H8N2O6S. The van der Waals surface area contributed by atoms with Crippen molar-refractivity contribution in [2.45, 2.75) is 0 Å². The molecule has 1 aromatic rings. The van der Waals surface area contributed by atoms with E-state index in [0.29, 0.717) is 0 Å². The Morgan fingerprint density at radius 1 is 1.44 bits per heavy atom. The molecule has 0 saturated carbocycles. The molecule has 88 valence electrons. The fourth-order valence-electron chi connectivity index (χ4n) is 0.995. The van der Waals surface area contributed by atoms with Crippen LogP contribution in [0.2, 0.25) is 0 Å². The van der Waals surface area contributed by atoms with Crippen LogP contribution in [-0.2, 0) is 10.3 Å². The lowest BCUT2D eigenvalue weighted by Gasteiger charge is -2.05. The molecule has 1 aromatic carbocycles. The molecule has 0 aromatic heterocycles. The number of nitrogens with zero attached hydrogens (tertiary/aromatic N) is 1. The Morgan fingerprint density at radius 3 is 2.50 bits per heavy atom. The van der Waals surface area contributed by atoms with Crippen molar-refractivity contribution in [3.05, 3.63) is 28.3 Å². The highest BCUT2D eigenvalue weighted by Crippen LogP contribution is 2.30. The summed E-state index contributed by atoms with van der Waals surface area (Å²) in [7, 11) is -2.95. The zero-order valence-electron chi connectivity index (χ0n) is 8.11. The van der Waals surface area contributed by atoms with Crippen LogP contribution in [0.25, 0.3) is 0 Å². The average Bonchev–Trinajstić information content (AvgIpc) is 2.14. The third-order valence-electron chi connectivity index (χ3n) is 1.56. The summed E-state index contributed by atoms with van der Waals surface area (Å²) < 4.78 is 30.2. The van der Waals surface area contributed by atoms with Crippen molar-refractivity contribution in [2.75, 3.05) is 7.11 Å². The number of hydrogen-bond donors (Lipinski definition) is 1. The van der Waals surface area contributed by atoms with Crippen molar-refractivity contribution in [2.24, 2.45) is 5.14 Å². The zero-order valence-corrected chi connectivity index (χ0v) is 8.93. The second-order valence-electron chi connectivity index (χ2n) is 2.67. The third-order valence-corrected chi connectivity index (χ3v) is 1.99. The number of nitro groups is 1. The van der Waals surface area contributed by atoms with E-state index >= 15 is 0 Å². The van der Waals surface area contributed by atoms with E-state index in [1.807, 2.05) is 0 Å². The van der Waals surface area contributed by atoms with Gasteiger partial charge in [0.2, 0.25) is 5.75 Å². The molecule has 8 nitrogen and oxygen atoms in total. The first kappa shape index (κ1) is 12.2. The summed E-state index contributed by atoms with van der Waals surface area (Å²) in [6.07, 6.45) is 0. The summed E-state index contributed by atoms with van der Waals surface area (Å²) in [5.74, 6) is -0.281. The molecule has 0 spiro atoms. The monoisotopic (exact) mass is 248 g/mol. The van der Waals surface area contributed by atoms with Crippen LogP contribution in [0, 0.1) is 10.1 Å². The normalized spacial score (nSPS) is 10.9. The van der Waals surface area contributed by atoms with E-state index in [0.717, 1.165) is 18.2 Å². The van der Waals surface area contributed by atoms with Gasteiger partial charge in [0.05, 0.1) is 12.0 Å². The fourth-order valence-corrected chi connectivity index (χ4v) is 1.37. The second-order valence-corrected chi connectivity index (χ2v) is 3.82. The second kappa shape index (κ2) is 4.33. The van der Waals surface area contributed by atoms with Gasteiger partial charge in [-0.3, -0.25) is 10.1 Å². The van der Waals surface area contributed by atoms with Crippen molar-refractivity contribution in [1.82, 2.24) is 0 Å². The minimum absolute atomic E-state index is 0.119. The molecule has 0 saturated heterocycles. The molecule has 0 unspecified atom stereocenters. The highest BCUT2D eigenvalue weighted by Gasteiger charge is 2.16. The van der Waals surface area contributed by atoms with Crippen LogP contribution in [0.4, 0.5) is 5.69 Å². The smallest absolute Gasteiger partial charge is 0.380 e. The summed E-state index contributed by atoms with van der Waals surface area (Å²) in [6.45, 7) is 0.